The van der Waals surface area contributed by atoms with E-state index in [2.05, 4.69) is 10.3 Å². The summed E-state index contributed by atoms with van der Waals surface area (Å²) in [6, 6.07) is 9.28. The Hall–Kier alpha value is -2.96. The number of urea groups is 1. The number of pyridine rings is 1. The Bertz CT molecular complexity index is 769. The monoisotopic (exact) mass is 355 g/mol. The third-order valence-electron chi connectivity index (χ3n) is 4.50. The molecule has 1 saturated heterocycles. The Morgan fingerprint density at radius 3 is 2.96 bits per heavy atom. The summed E-state index contributed by atoms with van der Waals surface area (Å²) < 4.78 is 16.6. The van der Waals surface area contributed by atoms with E-state index < -0.39 is 0 Å². The highest BCUT2D eigenvalue weighted by atomic mass is 16.7. The van der Waals surface area contributed by atoms with Crippen LogP contribution < -0.4 is 19.5 Å². The summed E-state index contributed by atoms with van der Waals surface area (Å²) in [6.45, 7) is 2.01. The van der Waals surface area contributed by atoms with Gasteiger partial charge < -0.3 is 24.4 Å². The second-order valence-electron chi connectivity index (χ2n) is 6.36. The molecule has 7 nitrogen and oxygen atoms in total. The lowest BCUT2D eigenvalue weighted by molar-refractivity contribution is 0.101. The van der Waals surface area contributed by atoms with E-state index in [0.717, 1.165) is 42.2 Å². The number of ether oxygens (including phenoxy) is 3. The summed E-state index contributed by atoms with van der Waals surface area (Å²) in [5.74, 6) is 2.25. The molecular weight excluding hydrogens is 334 g/mol. The number of nitrogens with one attached hydrogen (secondary N) is 1. The number of nitrogens with zero attached hydrogens (tertiary/aromatic N) is 2. The highest BCUT2D eigenvalue weighted by Crippen LogP contribution is 2.32. The van der Waals surface area contributed by atoms with Crippen molar-refractivity contribution >= 4 is 6.03 Å². The minimum absolute atomic E-state index is 0.00226. The van der Waals surface area contributed by atoms with E-state index in [0.29, 0.717) is 13.1 Å². The highest BCUT2D eigenvalue weighted by Gasteiger charge is 2.25. The number of carbonyl (C=O) groups is 1. The second-order valence-corrected chi connectivity index (χ2v) is 6.36. The maximum atomic E-state index is 12.5. The van der Waals surface area contributed by atoms with Crippen LogP contribution >= 0.6 is 0 Å². The van der Waals surface area contributed by atoms with Gasteiger partial charge in [-0.3, -0.25) is 4.98 Å². The predicted molar refractivity (Wildman–Crippen MR) is 94.3 cm³/mol. The van der Waals surface area contributed by atoms with Crippen molar-refractivity contribution < 1.29 is 19.0 Å². The van der Waals surface area contributed by atoms with Crippen LogP contribution in [0.25, 0.3) is 0 Å². The van der Waals surface area contributed by atoms with Gasteiger partial charge in [0.05, 0.1) is 6.54 Å². The Morgan fingerprint density at radius 2 is 2.08 bits per heavy atom. The molecule has 26 heavy (non-hydrogen) atoms. The first kappa shape index (κ1) is 16.5. The normalized spacial score (nSPS) is 18.5. The third kappa shape index (κ3) is 3.82. The summed E-state index contributed by atoms with van der Waals surface area (Å²) in [7, 11) is 0. The smallest absolute Gasteiger partial charge is 0.317 e. The lowest BCUT2D eigenvalue weighted by atomic mass is 10.1. The number of likely N-dealkylation sites (tertiary alicyclic amines) is 1. The fraction of sp³-hybridized carbons (Fsp3) is 0.368. The van der Waals surface area contributed by atoms with Gasteiger partial charge in [0.2, 0.25) is 6.79 Å². The van der Waals surface area contributed by atoms with E-state index >= 15 is 0 Å². The number of carbonyl (C=O) groups excluding carboxylic acids is 1. The van der Waals surface area contributed by atoms with E-state index in [1.165, 1.54) is 0 Å². The molecule has 4 rings (SSSR count). The van der Waals surface area contributed by atoms with Crippen molar-refractivity contribution in [3.05, 3.63) is 48.3 Å². The van der Waals surface area contributed by atoms with Gasteiger partial charge in [0.25, 0.3) is 0 Å². The lowest BCUT2D eigenvalue weighted by Gasteiger charge is -2.32. The zero-order valence-electron chi connectivity index (χ0n) is 14.4. The van der Waals surface area contributed by atoms with Gasteiger partial charge in [0.15, 0.2) is 11.5 Å². The first-order valence-electron chi connectivity index (χ1n) is 8.76. The Labute approximate surface area is 151 Å². The summed E-state index contributed by atoms with van der Waals surface area (Å²) in [6.07, 6.45) is 5.27. The molecular formula is C19H21N3O4. The second kappa shape index (κ2) is 7.51. The van der Waals surface area contributed by atoms with Crippen LogP contribution in [0, 0.1) is 0 Å². The SMILES string of the molecule is O=C(NCc1ccc2c(c1)OCO2)N1CCCC(Oc2ccncc2)C1. The van der Waals surface area contributed by atoms with Crippen LogP contribution in [0.1, 0.15) is 18.4 Å². The van der Waals surface area contributed by atoms with Gasteiger partial charge in [-0.05, 0) is 42.7 Å². The molecule has 1 aromatic heterocycles. The molecule has 0 aliphatic carbocycles. The number of rotatable bonds is 4. The maximum absolute atomic E-state index is 12.5. The number of hydrogen-bond donors (Lipinski definition) is 1. The van der Waals surface area contributed by atoms with Crippen molar-refractivity contribution in [2.24, 2.45) is 0 Å². The number of amides is 2. The van der Waals surface area contributed by atoms with Gasteiger partial charge in [0, 0.05) is 25.5 Å². The molecule has 1 aromatic carbocycles. The van der Waals surface area contributed by atoms with Gasteiger partial charge >= 0.3 is 6.03 Å². The molecule has 0 spiro atoms. The summed E-state index contributed by atoms with van der Waals surface area (Å²) in [4.78, 5) is 18.3. The third-order valence-corrected chi connectivity index (χ3v) is 4.50. The van der Waals surface area contributed by atoms with E-state index in [1.807, 2.05) is 35.2 Å². The molecule has 0 bridgehead atoms. The molecule has 7 heteroatoms. The van der Waals surface area contributed by atoms with E-state index in [-0.39, 0.29) is 18.9 Å². The van der Waals surface area contributed by atoms with E-state index in [1.54, 1.807) is 12.4 Å². The summed E-state index contributed by atoms with van der Waals surface area (Å²) >= 11 is 0. The van der Waals surface area contributed by atoms with Crippen LogP contribution in [-0.4, -0.2) is 41.9 Å². The van der Waals surface area contributed by atoms with Gasteiger partial charge in [-0.1, -0.05) is 6.07 Å². The molecule has 2 aromatic rings. The van der Waals surface area contributed by atoms with Gasteiger partial charge in [-0.15, -0.1) is 0 Å². The van der Waals surface area contributed by atoms with Gasteiger partial charge in [-0.2, -0.15) is 0 Å². The quantitative estimate of drug-likeness (QED) is 0.912. The van der Waals surface area contributed by atoms with E-state index in [4.69, 9.17) is 14.2 Å². The number of piperidine rings is 1. The zero-order valence-corrected chi connectivity index (χ0v) is 14.4. The van der Waals surface area contributed by atoms with Gasteiger partial charge in [-0.25, -0.2) is 4.79 Å². The van der Waals surface area contributed by atoms with E-state index in [9.17, 15) is 4.79 Å². The van der Waals surface area contributed by atoms with Crippen molar-refractivity contribution in [3.8, 4) is 17.2 Å². The minimum atomic E-state index is -0.0781. The average molecular weight is 355 g/mol. The molecule has 2 aliphatic rings. The highest BCUT2D eigenvalue weighted by molar-refractivity contribution is 5.74. The topological polar surface area (TPSA) is 72.9 Å². The molecule has 3 heterocycles. The first-order valence-corrected chi connectivity index (χ1v) is 8.76. The van der Waals surface area contributed by atoms with Crippen molar-refractivity contribution in [3.63, 3.8) is 0 Å². The van der Waals surface area contributed by atoms with Crippen LogP contribution in [0.4, 0.5) is 4.79 Å². The number of aromatic nitrogens is 1. The molecule has 1 unspecified atom stereocenters. The molecule has 0 saturated carbocycles. The lowest BCUT2D eigenvalue weighted by Crippen LogP contribution is -2.48. The largest absolute Gasteiger partial charge is 0.488 e. The minimum Gasteiger partial charge on any atom is -0.488 e. The van der Waals surface area contributed by atoms with Crippen LogP contribution in [0.3, 0.4) is 0 Å². The molecule has 136 valence electrons. The van der Waals surface area contributed by atoms with Crippen LogP contribution in [0.5, 0.6) is 17.2 Å². The average Bonchev–Trinajstić information content (AvgIpc) is 3.15. The van der Waals surface area contributed by atoms with Crippen LogP contribution in [0.2, 0.25) is 0 Å². The van der Waals surface area contributed by atoms with Crippen molar-refractivity contribution in [2.75, 3.05) is 19.9 Å². The van der Waals surface area contributed by atoms with Crippen molar-refractivity contribution in [1.82, 2.24) is 15.2 Å². The molecule has 2 amide bonds. The fourth-order valence-electron chi connectivity index (χ4n) is 3.17. The van der Waals surface area contributed by atoms with Crippen molar-refractivity contribution in [2.45, 2.75) is 25.5 Å². The molecule has 0 radical (unpaired) electrons. The summed E-state index contributed by atoms with van der Waals surface area (Å²) in [5, 5.41) is 2.97. The number of fused-ring (bicyclic) bond motifs is 1. The first-order chi connectivity index (χ1) is 12.8. The molecule has 1 atom stereocenters. The molecule has 1 N–H and O–H groups in total. The van der Waals surface area contributed by atoms with Gasteiger partial charge in [0.1, 0.15) is 11.9 Å². The van der Waals surface area contributed by atoms with Crippen LogP contribution in [-0.2, 0) is 6.54 Å². The maximum Gasteiger partial charge on any atom is 0.317 e. The molecule has 1 fully saturated rings. The Balaban J connectivity index is 1.30. The predicted octanol–water partition coefficient (Wildman–Crippen LogP) is 2.56. The number of benzene rings is 1. The summed E-state index contributed by atoms with van der Waals surface area (Å²) in [5.41, 5.74) is 0.976. The Kier molecular flexibility index (Phi) is 4.77. The Morgan fingerprint density at radius 1 is 1.23 bits per heavy atom. The molecule has 2 aliphatic heterocycles. The zero-order chi connectivity index (χ0) is 17.8. The fourth-order valence-corrected chi connectivity index (χ4v) is 3.17. The van der Waals surface area contributed by atoms with Crippen LogP contribution in [0.15, 0.2) is 42.7 Å². The standard InChI is InChI=1S/C19H21N3O4/c23-19(21-11-14-3-4-17-18(10-14)25-13-24-17)22-9-1-2-16(12-22)26-15-5-7-20-8-6-15/h3-8,10,16H,1-2,9,11-13H2,(H,21,23). The van der Waals surface area contributed by atoms with Crippen molar-refractivity contribution in [1.29, 1.82) is 0 Å². The number of hydrogen-bond acceptors (Lipinski definition) is 5.